The van der Waals surface area contributed by atoms with E-state index < -0.39 is 0 Å². The second-order valence-electron chi connectivity index (χ2n) is 7.50. The van der Waals surface area contributed by atoms with E-state index in [0.717, 1.165) is 50.5 Å². The summed E-state index contributed by atoms with van der Waals surface area (Å²) in [7, 11) is 2.13. The molecule has 0 bridgehead atoms. The van der Waals surface area contributed by atoms with Crippen LogP contribution in [0.3, 0.4) is 0 Å². The molecule has 3 nitrogen and oxygen atoms in total. The van der Waals surface area contributed by atoms with Gasteiger partial charge in [0, 0.05) is 12.6 Å². The molecule has 2 aliphatic rings. The van der Waals surface area contributed by atoms with Crippen LogP contribution in [0.25, 0.3) is 0 Å². The van der Waals surface area contributed by atoms with Gasteiger partial charge in [-0.05, 0) is 56.9 Å². The molecule has 2 rings (SSSR count). The van der Waals surface area contributed by atoms with Gasteiger partial charge in [-0.1, -0.05) is 26.7 Å². The lowest BCUT2D eigenvalue weighted by Crippen LogP contribution is -2.47. The molecule has 0 aliphatic heterocycles. The number of rotatable bonds is 4. The lowest BCUT2D eigenvalue weighted by atomic mass is 9.74. The fourth-order valence-electron chi connectivity index (χ4n) is 4.20. The first-order chi connectivity index (χ1) is 9.49. The van der Waals surface area contributed by atoms with E-state index >= 15 is 0 Å². The Morgan fingerprint density at radius 2 is 1.70 bits per heavy atom. The van der Waals surface area contributed by atoms with Crippen molar-refractivity contribution in [1.82, 2.24) is 4.90 Å². The van der Waals surface area contributed by atoms with Crippen LogP contribution < -0.4 is 0 Å². The minimum atomic E-state index is -0.171. The lowest BCUT2D eigenvalue weighted by Gasteiger charge is -2.41. The van der Waals surface area contributed by atoms with Crippen LogP contribution in [0, 0.1) is 17.8 Å². The molecule has 2 N–H and O–H groups in total. The number of aliphatic hydroxyl groups is 2. The number of hydrogen-bond acceptors (Lipinski definition) is 3. The molecule has 5 unspecified atom stereocenters. The monoisotopic (exact) mass is 283 g/mol. The molecule has 20 heavy (non-hydrogen) atoms. The standard InChI is InChI=1S/C17H33NO2/c1-12(2)13-8-9-16(19)14(10-13)11-18(3)15-6-4-5-7-17(15)20/h12-17,19-20H,4-11H2,1-3H3. The maximum Gasteiger partial charge on any atom is 0.0695 e. The molecule has 2 fully saturated rings. The molecule has 3 heteroatoms. The Kier molecular flexibility index (Phi) is 5.88. The highest BCUT2D eigenvalue weighted by Crippen LogP contribution is 2.35. The predicted molar refractivity (Wildman–Crippen MR) is 82.6 cm³/mol. The summed E-state index contributed by atoms with van der Waals surface area (Å²) in [5.41, 5.74) is 0. The summed E-state index contributed by atoms with van der Waals surface area (Å²) >= 11 is 0. The molecule has 118 valence electrons. The van der Waals surface area contributed by atoms with Crippen molar-refractivity contribution in [3.63, 3.8) is 0 Å². The largest absolute Gasteiger partial charge is 0.393 e. The van der Waals surface area contributed by atoms with Gasteiger partial charge >= 0.3 is 0 Å². The normalized spacial score (nSPS) is 39.5. The van der Waals surface area contributed by atoms with Gasteiger partial charge in [-0.25, -0.2) is 0 Å². The summed E-state index contributed by atoms with van der Waals surface area (Å²) in [5.74, 6) is 1.86. The fourth-order valence-corrected chi connectivity index (χ4v) is 4.20. The smallest absolute Gasteiger partial charge is 0.0695 e. The average Bonchev–Trinajstić information content (AvgIpc) is 2.41. The minimum absolute atomic E-state index is 0.145. The fraction of sp³-hybridized carbons (Fsp3) is 1.00. The van der Waals surface area contributed by atoms with E-state index in [2.05, 4.69) is 25.8 Å². The number of hydrogen-bond donors (Lipinski definition) is 2. The van der Waals surface area contributed by atoms with Gasteiger partial charge in [0.05, 0.1) is 12.2 Å². The van der Waals surface area contributed by atoms with Crippen LogP contribution in [-0.2, 0) is 0 Å². The second kappa shape index (κ2) is 7.24. The van der Waals surface area contributed by atoms with Crippen LogP contribution in [0.15, 0.2) is 0 Å². The zero-order valence-corrected chi connectivity index (χ0v) is 13.5. The zero-order chi connectivity index (χ0) is 14.7. The molecule has 0 aromatic rings. The van der Waals surface area contributed by atoms with Crippen LogP contribution in [-0.4, -0.2) is 47.0 Å². The molecular weight excluding hydrogens is 250 g/mol. The maximum absolute atomic E-state index is 10.3. The van der Waals surface area contributed by atoms with Crippen LogP contribution in [0.1, 0.15) is 58.8 Å². The Hall–Kier alpha value is -0.120. The van der Waals surface area contributed by atoms with Gasteiger partial charge in [0.25, 0.3) is 0 Å². The van der Waals surface area contributed by atoms with Crippen LogP contribution in [0.4, 0.5) is 0 Å². The van der Waals surface area contributed by atoms with Crippen LogP contribution in [0.5, 0.6) is 0 Å². The van der Waals surface area contributed by atoms with Crippen molar-refractivity contribution in [3.8, 4) is 0 Å². The molecule has 0 aromatic carbocycles. The highest BCUT2D eigenvalue weighted by atomic mass is 16.3. The first-order valence-corrected chi connectivity index (χ1v) is 8.55. The van der Waals surface area contributed by atoms with Gasteiger partial charge < -0.3 is 15.1 Å². The molecule has 0 amide bonds. The maximum atomic E-state index is 10.3. The second-order valence-corrected chi connectivity index (χ2v) is 7.50. The molecule has 0 radical (unpaired) electrons. The van der Waals surface area contributed by atoms with E-state index in [1.165, 1.54) is 12.8 Å². The summed E-state index contributed by atoms with van der Waals surface area (Å²) in [6, 6.07) is 0.301. The summed E-state index contributed by atoms with van der Waals surface area (Å²) in [4.78, 5) is 2.32. The molecule has 2 aliphatic carbocycles. The predicted octanol–water partition coefficient (Wildman–Crippen LogP) is 2.65. The quantitative estimate of drug-likeness (QED) is 0.833. The first kappa shape index (κ1) is 16.3. The molecular formula is C17H33NO2. The third-order valence-corrected chi connectivity index (χ3v) is 5.71. The molecule has 0 heterocycles. The van der Waals surface area contributed by atoms with E-state index in [1.807, 2.05) is 0 Å². The Balaban J connectivity index is 1.89. The van der Waals surface area contributed by atoms with Gasteiger partial charge in [0.15, 0.2) is 0 Å². The van der Waals surface area contributed by atoms with Gasteiger partial charge in [-0.15, -0.1) is 0 Å². The van der Waals surface area contributed by atoms with Crippen molar-refractivity contribution in [1.29, 1.82) is 0 Å². The summed E-state index contributed by atoms with van der Waals surface area (Å²) < 4.78 is 0. The molecule has 0 saturated heterocycles. The third kappa shape index (κ3) is 3.96. The van der Waals surface area contributed by atoms with Crippen molar-refractivity contribution < 1.29 is 10.2 Å². The van der Waals surface area contributed by atoms with E-state index in [4.69, 9.17) is 0 Å². The van der Waals surface area contributed by atoms with Crippen molar-refractivity contribution in [3.05, 3.63) is 0 Å². The molecule has 2 saturated carbocycles. The highest BCUT2D eigenvalue weighted by Gasteiger charge is 2.34. The molecule has 0 spiro atoms. The highest BCUT2D eigenvalue weighted by molar-refractivity contribution is 4.87. The SMILES string of the molecule is CC(C)C1CCC(O)C(CN(C)C2CCCCC2O)C1. The number of likely N-dealkylation sites (N-methyl/N-ethyl adjacent to an activating group) is 1. The average molecular weight is 283 g/mol. The van der Waals surface area contributed by atoms with Crippen molar-refractivity contribution >= 4 is 0 Å². The van der Waals surface area contributed by atoms with Crippen LogP contribution in [0.2, 0.25) is 0 Å². The Morgan fingerprint density at radius 1 is 1.00 bits per heavy atom. The van der Waals surface area contributed by atoms with Gasteiger partial charge in [0.2, 0.25) is 0 Å². The molecule has 5 atom stereocenters. The van der Waals surface area contributed by atoms with Crippen molar-refractivity contribution in [2.24, 2.45) is 17.8 Å². The molecule has 0 aromatic heterocycles. The van der Waals surface area contributed by atoms with E-state index in [1.54, 1.807) is 0 Å². The van der Waals surface area contributed by atoms with E-state index in [0.29, 0.717) is 12.0 Å². The first-order valence-electron chi connectivity index (χ1n) is 8.55. The topological polar surface area (TPSA) is 43.7 Å². The number of nitrogens with zero attached hydrogens (tertiary/aromatic N) is 1. The third-order valence-electron chi connectivity index (χ3n) is 5.71. The zero-order valence-electron chi connectivity index (χ0n) is 13.5. The summed E-state index contributed by atoms with van der Waals surface area (Å²) in [6.45, 7) is 5.54. The minimum Gasteiger partial charge on any atom is -0.393 e. The summed E-state index contributed by atoms with van der Waals surface area (Å²) in [5, 5.41) is 20.5. The Bertz CT molecular complexity index is 295. The van der Waals surface area contributed by atoms with Gasteiger partial charge in [0.1, 0.15) is 0 Å². The summed E-state index contributed by atoms with van der Waals surface area (Å²) in [6.07, 6.45) is 7.39. The van der Waals surface area contributed by atoms with Crippen molar-refractivity contribution in [2.75, 3.05) is 13.6 Å². The Labute approximate surface area is 124 Å². The number of aliphatic hydroxyl groups excluding tert-OH is 2. The van der Waals surface area contributed by atoms with Gasteiger partial charge in [-0.2, -0.15) is 0 Å². The van der Waals surface area contributed by atoms with Gasteiger partial charge in [-0.3, -0.25) is 0 Å². The van der Waals surface area contributed by atoms with Crippen molar-refractivity contribution in [2.45, 2.75) is 77.0 Å². The van der Waals surface area contributed by atoms with E-state index in [9.17, 15) is 10.2 Å². The Morgan fingerprint density at radius 3 is 2.35 bits per heavy atom. The van der Waals surface area contributed by atoms with E-state index in [-0.39, 0.29) is 12.2 Å². The lowest BCUT2D eigenvalue weighted by molar-refractivity contribution is -0.0134. The van der Waals surface area contributed by atoms with Crippen LogP contribution >= 0.6 is 0 Å².